The number of urea groups is 1. The summed E-state index contributed by atoms with van der Waals surface area (Å²) in [5.41, 5.74) is 6.33. The Labute approximate surface area is 244 Å². The van der Waals surface area contributed by atoms with Crippen LogP contribution in [0, 0.1) is 0 Å². The van der Waals surface area contributed by atoms with Crippen LogP contribution in [0.2, 0.25) is 0 Å². The fourth-order valence-corrected chi connectivity index (χ4v) is 4.66. The second-order valence-corrected chi connectivity index (χ2v) is 10.2. The van der Waals surface area contributed by atoms with E-state index in [-0.39, 0.29) is 11.9 Å². The number of nitrogens with zero attached hydrogens (tertiary/aromatic N) is 1. The number of aromatic amines is 1. The molecule has 0 aliphatic heterocycles. The number of methoxy groups -OCH3 is 1. The molecule has 42 heavy (non-hydrogen) atoms. The fourth-order valence-electron chi connectivity index (χ4n) is 4.66. The molecule has 4 N–H and O–H groups in total. The first-order valence-electron chi connectivity index (χ1n) is 13.6. The van der Waals surface area contributed by atoms with Crippen molar-refractivity contribution in [2.45, 2.75) is 26.3 Å². The summed E-state index contributed by atoms with van der Waals surface area (Å²) in [6.07, 6.45) is 0. The quantitative estimate of drug-likeness (QED) is 0.118. The molecule has 0 aliphatic carbocycles. The zero-order chi connectivity index (χ0) is 29.6. The maximum atomic E-state index is 12.5. The number of aromatic hydroxyl groups is 1. The number of aliphatic imine (C=N–C) groups is 1. The average molecular weight is 561 g/mol. The minimum absolute atomic E-state index is 0.0663. The van der Waals surface area contributed by atoms with Gasteiger partial charge in [-0.1, -0.05) is 74.5 Å². The number of amides is 2. The second-order valence-electron chi connectivity index (χ2n) is 10.2. The molecule has 0 radical (unpaired) electrons. The predicted molar refractivity (Wildman–Crippen MR) is 166 cm³/mol. The van der Waals surface area contributed by atoms with E-state index in [1.54, 1.807) is 42.5 Å². The molecule has 5 rings (SSSR count). The molecule has 2 amide bonds. The Kier molecular flexibility index (Phi) is 8.34. The van der Waals surface area contributed by atoms with Gasteiger partial charge in [0.15, 0.2) is 5.88 Å². The highest BCUT2D eigenvalue weighted by molar-refractivity contribution is 6.22. The van der Waals surface area contributed by atoms with Gasteiger partial charge in [0.25, 0.3) is 0 Å². The first-order chi connectivity index (χ1) is 20.3. The van der Waals surface area contributed by atoms with Crippen molar-refractivity contribution in [2.24, 2.45) is 4.99 Å². The maximum Gasteiger partial charge on any atom is 0.337 e. The van der Waals surface area contributed by atoms with Crippen LogP contribution in [0.25, 0.3) is 10.9 Å². The van der Waals surface area contributed by atoms with Crippen molar-refractivity contribution in [3.63, 3.8) is 0 Å². The number of carbonyl (C=O) groups is 2. The van der Waals surface area contributed by atoms with Gasteiger partial charge >= 0.3 is 12.0 Å². The summed E-state index contributed by atoms with van der Waals surface area (Å²) in [5.74, 6) is -0.0729. The van der Waals surface area contributed by atoms with E-state index in [0.29, 0.717) is 51.6 Å². The molecule has 212 valence electrons. The molecular weight excluding hydrogens is 528 g/mol. The molecule has 0 atom stereocenters. The lowest BCUT2D eigenvalue weighted by molar-refractivity contribution is 0.0601. The molecule has 5 aromatic rings. The van der Waals surface area contributed by atoms with E-state index in [0.717, 1.165) is 11.1 Å². The number of fused-ring (bicyclic) bond motifs is 1. The molecule has 0 saturated carbocycles. The predicted octanol–water partition coefficient (Wildman–Crippen LogP) is 7.27. The summed E-state index contributed by atoms with van der Waals surface area (Å²) in [7, 11) is 1.32. The summed E-state index contributed by atoms with van der Waals surface area (Å²) in [6.45, 7) is 4.71. The normalized spacial score (nSPS) is 11.5. The molecule has 8 heteroatoms. The van der Waals surface area contributed by atoms with Crippen LogP contribution in [0.4, 0.5) is 16.2 Å². The van der Waals surface area contributed by atoms with Gasteiger partial charge in [-0.2, -0.15) is 0 Å². The SMILES string of the molecule is COC(=O)c1ccc2c(C(=Nc3ccc(NC(=O)NCc4ccc(C(C)C)cc4)cc3)c3ccccc3)c(O)[nH]c2c1. The average Bonchev–Trinajstić information content (AvgIpc) is 3.34. The van der Waals surface area contributed by atoms with Crippen LogP contribution in [-0.2, 0) is 11.3 Å². The van der Waals surface area contributed by atoms with Crippen molar-refractivity contribution in [3.8, 4) is 5.88 Å². The van der Waals surface area contributed by atoms with Crippen LogP contribution in [0.15, 0.2) is 102 Å². The van der Waals surface area contributed by atoms with Gasteiger partial charge in [-0.3, -0.25) is 0 Å². The van der Waals surface area contributed by atoms with Crippen LogP contribution >= 0.6 is 0 Å². The van der Waals surface area contributed by atoms with Crippen LogP contribution in [0.5, 0.6) is 5.88 Å². The van der Waals surface area contributed by atoms with Crippen molar-refractivity contribution < 1.29 is 19.4 Å². The Morgan fingerprint density at radius 1 is 0.905 bits per heavy atom. The number of benzene rings is 4. The van der Waals surface area contributed by atoms with Gasteiger partial charge in [0, 0.05) is 28.7 Å². The maximum absolute atomic E-state index is 12.5. The Balaban J connectivity index is 1.36. The van der Waals surface area contributed by atoms with Gasteiger partial charge in [0.05, 0.1) is 29.6 Å². The van der Waals surface area contributed by atoms with Gasteiger partial charge in [-0.05, 0) is 53.4 Å². The highest BCUT2D eigenvalue weighted by Crippen LogP contribution is 2.32. The first-order valence-corrected chi connectivity index (χ1v) is 13.6. The van der Waals surface area contributed by atoms with Crippen molar-refractivity contribution in [3.05, 3.63) is 125 Å². The molecule has 0 unspecified atom stereocenters. The van der Waals surface area contributed by atoms with E-state index in [4.69, 9.17) is 9.73 Å². The number of ether oxygens (including phenoxy) is 1. The van der Waals surface area contributed by atoms with Crippen molar-refractivity contribution in [2.75, 3.05) is 12.4 Å². The molecule has 0 saturated heterocycles. The molecule has 0 spiro atoms. The number of rotatable bonds is 8. The minimum Gasteiger partial charge on any atom is -0.494 e. The van der Waals surface area contributed by atoms with Crippen molar-refractivity contribution in [1.82, 2.24) is 10.3 Å². The third kappa shape index (κ3) is 6.33. The Hall–Kier alpha value is -5.37. The van der Waals surface area contributed by atoms with Gasteiger partial charge in [-0.25, -0.2) is 14.6 Å². The highest BCUT2D eigenvalue weighted by atomic mass is 16.5. The highest BCUT2D eigenvalue weighted by Gasteiger charge is 2.20. The molecular formula is C34H32N4O4. The van der Waals surface area contributed by atoms with Crippen molar-refractivity contribution in [1.29, 1.82) is 0 Å². The van der Waals surface area contributed by atoms with E-state index < -0.39 is 5.97 Å². The standard InChI is InChI=1S/C34H32N4O4/c1-21(2)23-11-9-22(10-12-23)20-35-34(41)37-27-16-14-26(15-17-27)36-31(24-7-5-4-6-8-24)30-28-18-13-25(33(40)42-3)19-29(28)38-32(30)39/h4-19,21,38-39H,20H2,1-3H3,(H2,35,37,41). The summed E-state index contributed by atoms with van der Waals surface area (Å²) < 4.78 is 4.83. The van der Waals surface area contributed by atoms with Gasteiger partial charge in [0.2, 0.25) is 0 Å². The number of carbonyl (C=O) groups excluding carboxylic acids is 2. The number of nitrogens with one attached hydrogen (secondary N) is 3. The van der Waals surface area contributed by atoms with Gasteiger partial charge in [0.1, 0.15) is 0 Å². The van der Waals surface area contributed by atoms with Gasteiger partial charge < -0.3 is 25.5 Å². The van der Waals surface area contributed by atoms with E-state index in [9.17, 15) is 14.7 Å². The number of aromatic nitrogens is 1. The molecule has 0 fully saturated rings. The van der Waals surface area contributed by atoms with Crippen LogP contribution in [0.1, 0.15) is 52.4 Å². The van der Waals surface area contributed by atoms with E-state index in [1.165, 1.54) is 12.7 Å². The zero-order valence-corrected chi connectivity index (χ0v) is 23.6. The van der Waals surface area contributed by atoms with E-state index >= 15 is 0 Å². The minimum atomic E-state index is -0.466. The Morgan fingerprint density at radius 2 is 1.62 bits per heavy atom. The lowest BCUT2D eigenvalue weighted by Crippen LogP contribution is -2.28. The summed E-state index contributed by atoms with van der Waals surface area (Å²) in [6, 6.07) is 29.6. The third-order valence-corrected chi connectivity index (χ3v) is 6.95. The van der Waals surface area contributed by atoms with Crippen LogP contribution < -0.4 is 10.6 Å². The smallest absolute Gasteiger partial charge is 0.337 e. The molecule has 0 aliphatic rings. The number of hydrogen-bond donors (Lipinski definition) is 4. The summed E-state index contributed by atoms with van der Waals surface area (Å²) in [5, 5.41) is 17.4. The number of anilines is 1. The largest absolute Gasteiger partial charge is 0.494 e. The summed E-state index contributed by atoms with van der Waals surface area (Å²) in [4.78, 5) is 32.4. The number of H-pyrrole nitrogens is 1. The van der Waals surface area contributed by atoms with Gasteiger partial charge in [-0.15, -0.1) is 0 Å². The van der Waals surface area contributed by atoms with E-state index in [2.05, 4.69) is 41.6 Å². The Bertz CT molecular complexity index is 1740. The fraction of sp³-hybridized carbons (Fsp3) is 0.147. The van der Waals surface area contributed by atoms with E-state index in [1.807, 2.05) is 42.5 Å². The molecule has 1 aromatic heterocycles. The third-order valence-electron chi connectivity index (χ3n) is 6.95. The first kappa shape index (κ1) is 28.2. The Morgan fingerprint density at radius 3 is 2.29 bits per heavy atom. The van der Waals surface area contributed by atoms with Crippen LogP contribution in [-0.4, -0.2) is 34.9 Å². The number of esters is 1. The monoisotopic (exact) mass is 560 g/mol. The molecule has 1 heterocycles. The van der Waals surface area contributed by atoms with Crippen molar-refractivity contribution >= 4 is 40.0 Å². The second kappa shape index (κ2) is 12.4. The molecule has 0 bridgehead atoms. The lowest BCUT2D eigenvalue weighted by Gasteiger charge is -2.10. The molecule has 4 aromatic carbocycles. The number of hydrogen-bond acceptors (Lipinski definition) is 5. The van der Waals surface area contributed by atoms with Crippen LogP contribution in [0.3, 0.4) is 0 Å². The molecule has 8 nitrogen and oxygen atoms in total. The topological polar surface area (TPSA) is 116 Å². The lowest BCUT2D eigenvalue weighted by atomic mass is 10.00. The summed E-state index contributed by atoms with van der Waals surface area (Å²) >= 11 is 0. The zero-order valence-electron chi connectivity index (χ0n) is 23.6.